The third-order valence-corrected chi connectivity index (χ3v) is 5.80. The van der Waals surface area contributed by atoms with Crippen molar-refractivity contribution in [3.8, 4) is 0 Å². The summed E-state index contributed by atoms with van der Waals surface area (Å²) in [7, 11) is -3.02. The Morgan fingerprint density at radius 3 is 2.44 bits per heavy atom. The zero-order valence-electron chi connectivity index (χ0n) is 13.8. The molecule has 2 aromatic carbocycles. The van der Waals surface area contributed by atoms with Crippen LogP contribution in [0.1, 0.15) is 11.1 Å². The highest BCUT2D eigenvalue weighted by molar-refractivity contribution is 7.89. The summed E-state index contributed by atoms with van der Waals surface area (Å²) in [5.41, 5.74) is -1.83. The summed E-state index contributed by atoms with van der Waals surface area (Å²) in [6.45, 7) is 0. The number of nitrogens with one attached hydrogen (secondary N) is 1. The number of halogens is 3. The van der Waals surface area contributed by atoms with Gasteiger partial charge in [-0.1, -0.05) is 18.2 Å². The maximum atomic E-state index is 12.8. The normalized spacial score (nSPS) is 16.1. The Morgan fingerprint density at radius 1 is 1.11 bits per heavy atom. The molecule has 0 aliphatic carbocycles. The van der Waals surface area contributed by atoms with E-state index in [0.717, 1.165) is 19.2 Å². The van der Waals surface area contributed by atoms with Crippen LogP contribution in [0, 0.1) is 0 Å². The third-order valence-electron chi connectivity index (χ3n) is 3.98. The molecule has 1 aliphatic rings. The number of alkyl halides is 3. The SMILES string of the molecule is CN1C(C(=O)Nc2cccc(C(F)(F)F)c2)=C(O)c2ccccc2S1(=O)=O. The number of hydrogen-bond acceptors (Lipinski definition) is 4. The first kappa shape index (κ1) is 18.8. The number of aliphatic hydroxyl groups excluding tert-OH is 1. The van der Waals surface area contributed by atoms with Crippen LogP contribution in [0.3, 0.4) is 0 Å². The molecule has 2 aromatic rings. The fraction of sp³-hybridized carbons (Fsp3) is 0.118. The Bertz CT molecular complexity index is 1060. The highest BCUT2D eigenvalue weighted by Gasteiger charge is 2.38. The molecule has 1 amide bonds. The maximum absolute atomic E-state index is 12.8. The highest BCUT2D eigenvalue weighted by atomic mass is 32.2. The van der Waals surface area contributed by atoms with E-state index >= 15 is 0 Å². The van der Waals surface area contributed by atoms with Crippen molar-refractivity contribution < 1.29 is 31.5 Å². The van der Waals surface area contributed by atoms with E-state index in [4.69, 9.17) is 0 Å². The third kappa shape index (κ3) is 3.23. The molecule has 6 nitrogen and oxygen atoms in total. The van der Waals surface area contributed by atoms with Gasteiger partial charge < -0.3 is 10.4 Å². The first-order valence-corrected chi connectivity index (χ1v) is 8.97. The Kier molecular flexibility index (Phi) is 4.38. The number of aliphatic hydroxyl groups is 1. The second-order valence-corrected chi connectivity index (χ2v) is 7.64. The number of likely N-dealkylation sites (N-methyl/N-ethyl adjacent to an activating group) is 1. The number of sulfonamides is 1. The molecule has 0 fully saturated rings. The molecule has 0 saturated heterocycles. The van der Waals surface area contributed by atoms with Gasteiger partial charge in [-0.2, -0.15) is 13.2 Å². The lowest BCUT2D eigenvalue weighted by molar-refractivity contribution is -0.137. The molecule has 1 aliphatic heterocycles. The van der Waals surface area contributed by atoms with Gasteiger partial charge in [0.1, 0.15) is 0 Å². The van der Waals surface area contributed by atoms with Gasteiger partial charge in [0.15, 0.2) is 11.5 Å². The molecular weight excluding hydrogens is 385 g/mol. The van der Waals surface area contributed by atoms with Gasteiger partial charge >= 0.3 is 6.18 Å². The number of anilines is 1. The monoisotopic (exact) mass is 398 g/mol. The lowest BCUT2D eigenvalue weighted by atomic mass is 10.1. The largest absolute Gasteiger partial charge is 0.505 e. The topological polar surface area (TPSA) is 86.7 Å². The number of carbonyl (C=O) groups excluding carboxylic acids is 1. The Hall–Kier alpha value is -3.01. The van der Waals surface area contributed by atoms with E-state index in [9.17, 15) is 31.5 Å². The number of rotatable bonds is 2. The smallest absolute Gasteiger partial charge is 0.416 e. The second-order valence-electron chi connectivity index (χ2n) is 5.70. The first-order chi connectivity index (χ1) is 12.5. The molecule has 0 aromatic heterocycles. The molecular formula is C17H13F3N2O4S. The number of hydrogen-bond donors (Lipinski definition) is 2. The van der Waals surface area contributed by atoms with E-state index in [0.29, 0.717) is 10.4 Å². The van der Waals surface area contributed by atoms with Crippen LogP contribution in [0.15, 0.2) is 59.1 Å². The fourth-order valence-corrected chi connectivity index (χ4v) is 4.04. The van der Waals surface area contributed by atoms with E-state index < -0.39 is 39.1 Å². The fourth-order valence-electron chi connectivity index (χ4n) is 2.65. The lowest BCUT2D eigenvalue weighted by Gasteiger charge is -2.28. The Labute approximate surface area is 152 Å². The quantitative estimate of drug-likeness (QED) is 0.813. The molecule has 0 unspecified atom stereocenters. The summed E-state index contributed by atoms with van der Waals surface area (Å²) in [5.74, 6) is -1.65. The van der Waals surface area contributed by atoms with Gasteiger partial charge in [0.2, 0.25) is 0 Å². The van der Waals surface area contributed by atoms with Gasteiger partial charge in [0.25, 0.3) is 15.9 Å². The van der Waals surface area contributed by atoms with Gasteiger partial charge in [0, 0.05) is 18.3 Å². The molecule has 0 saturated carbocycles. The van der Waals surface area contributed by atoms with Crippen LogP contribution in [-0.4, -0.2) is 30.8 Å². The molecule has 0 bridgehead atoms. The molecule has 0 spiro atoms. The van der Waals surface area contributed by atoms with E-state index in [1.807, 2.05) is 0 Å². The summed E-state index contributed by atoms with van der Waals surface area (Å²) in [6.07, 6.45) is -4.61. The zero-order chi connectivity index (χ0) is 20.0. The minimum Gasteiger partial charge on any atom is -0.505 e. The minimum absolute atomic E-state index is 0.0650. The van der Waals surface area contributed by atoms with Crippen LogP contribution >= 0.6 is 0 Å². The van der Waals surface area contributed by atoms with Crippen molar-refractivity contribution in [1.29, 1.82) is 0 Å². The first-order valence-electron chi connectivity index (χ1n) is 7.53. The molecule has 27 heavy (non-hydrogen) atoms. The van der Waals surface area contributed by atoms with Crippen LogP contribution in [-0.2, 0) is 21.0 Å². The number of benzene rings is 2. The molecule has 10 heteroatoms. The average Bonchev–Trinajstić information content (AvgIpc) is 2.60. The van der Waals surface area contributed by atoms with Crippen molar-refractivity contribution in [2.45, 2.75) is 11.1 Å². The number of amides is 1. The van der Waals surface area contributed by atoms with Gasteiger partial charge in [0.05, 0.1) is 10.5 Å². The van der Waals surface area contributed by atoms with E-state index in [-0.39, 0.29) is 16.1 Å². The average molecular weight is 398 g/mol. The maximum Gasteiger partial charge on any atom is 0.416 e. The van der Waals surface area contributed by atoms with Crippen molar-refractivity contribution >= 4 is 27.4 Å². The predicted molar refractivity (Wildman–Crippen MR) is 91.0 cm³/mol. The number of nitrogens with zero attached hydrogens (tertiary/aromatic N) is 1. The molecule has 142 valence electrons. The number of carbonyl (C=O) groups is 1. The van der Waals surface area contributed by atoms with E-state index in [1.165, 1.54) is 30.3 Å². The van der Waals surface area contributed by atoms with Crippen molar-refractivity contribution in [3.63, 3.8) is 0 Å². The van der Waals surface area contributed by atoms with Crippen molar-refractivity contribution in [2.75, 3.05) is 12.4 Å². The van der Waals surface area contributed by atoms with E-state index in [2.05, 4.69) is 5.32 Å². The lowest BCUT2D eigenvalue weighted by Crippen LogP contribution is -2.37. The van der Waals surface area contributed by atoms with Crippen molar-refractivity contribution in [1.82, 2.24) is 4.31 Å². The van der Waals surface area contributed by atoms with Gasteiger partial charge in [-0.25, -0.2) is 8.42 Å². The van der Waals surface area contributed by atoms with E-state index in [1.54, 1.807) is 0 Å². The molecule has 2 N–H and O–H groups in total. The standard InChI is InChI=1S/C17H13F3N2O4S/c1-22-14(15(23)12-7-2-3-8-13(12)27(22,25)26)16(24)21-11-6-4-5-10(9-11)17(18,19)20/h2-9,23H,1H3,(H,21,24). The minimum atomic E-state index is -4.61. The second kappa shape index (κ2) is 6.31. The Balaban J connectivity index is 2.02. The highest BCUT2D eigenvalue weighted by Crippen LogP contribution is 2.35. The Morgan fingerprint density at radius 2 is 1.78 bits per heavy atom. The summed E-state index contributed by atoms with van der Waals surface area (Å²) < 4.78 is 64.1. The van der Waals surface area contributed by atoms with Crippen LogP contribution < -0.4 is 5.32 Å². The summed E-state index contributed by atoms with van der Waals surface area (Å²) in [4.78, 5) is 12.4. The molecule has 3 rings (SSSR count). The van der Waals surface area contributed by atoms with Crippen molar-refractivity contribution in [3.05, 3.63) is 65.4 Å². The van der Waals surface area contributed by atoms with Crippen LogP contribution in [0.5, 0.6) is 0 Å². The summed E-state index contributed by atoms with van der Waals surface area (Å²) in [6, 6.07) is 9.41. The van der Waals surface area contributed by atoms with Crippen molar-refractivity contribution in [2.24, 2.45) is 0 Å². The van der Waals surface area contributed by atoms with Gasteiger partial charge in [-0.15, -0.1) is 0 Å². The molecule has 0 radical (unpaired) electrons. The summed E-state index contributed by atoms with van der Waals surface area (Å²) in [5, 5.41) is 12.6. The predicted octanol–water partition coefficient (Wildman–Crippen LogP) is 3.20. The molecule has 1 heterocycles. The zero-order valence-corrected chi connectivity index (χ0v) is 14.6. The van der Waals surface area contributed by atoms with Crippen LogP contribution in [0.2, 0.25) is 0 Å². The van der Waals surface area contributed by atoms with Crippen LogP contribution in [0.4, 0.5) is 18.9 Å². The van der Waals surface area contributed by atoms with Gasteiger partial charge in [-0.3, -0.25) is 9.10 Å². The molecule has 0 atom stereocenters. The van der Waals surface area contributed by atoms with Gasteiger partial charge in [-0.05, 0) is 30.3 Å². The number of fused-ring (bicyclic) bond motifs is 1. The summed E-state index contributed by atoms with van der Waals surface area (Å²) >= 11 is 0. The van der Waals surface area contributed by atoms with Crippen LogP contribution in [0.25, 0.3) is 5.76 Å².